The van der Waals surface area contributed by atoms with E-state index >= 15 is 0 Å². The van der Waals surface area contributed by atoms with Crippen molar-refractivity contribution in [3.63, 3.8) is 0 Å². The van der Waals surface area contributed by atoms with Crippen molar-refractivity contribution in [3.05, 3.63) is 53.1 Å². The number of anilines is 2. The molecule has 0 saturated heterocycles. The number of nitrogen functional groups attached to an aromatic ring is 1. The Kier molecular flexibility index (Phi) is 4.64. The average Bonchev–Trinajstić information content (AvgIpc) is 2.49. The van der Waals surface area contributed by atoms with Gasteiger partial charge in [-0.15, -0.1) is 0 Å². The van der Waals surface area contributed by atoms with Crippen LogP contribution in [0.15, 0.2) is 42.5 Å². The van der Waals surface area contributed by atoms with Gasteiger partial charge in [0, 0.05) is 11.3 Å². The molecule has 5 nitrogen and oxygen atoms in total. The second kappa shape index (κ2) is 6.64. The normalized spacial score (nSPS) is 9.71. The predicted octanol–water partition coefficient (Wildman–Crippen LogP) is 3.08. The molecular weight excluding hydrogens is 290 g/mol. The van der Waals surface area contributed by atoms with Crippen molar-refractivity contribution in [3.8, 4) is 11.8 Å². The first-order valence-corrected chi connectivity index (χ1v) is 6.44. The van der Waals surface area contributed by atoms with E-state index in [1.807, 2.05) is 6.07 Å². The number of rotatable bonds is 4. The first kappa shape index (κ1) is 14.7. The highest BCUT2D eigenvalue weighted by Crippen LogP contribution is 2.21. The number of hydrogen-bond donors (Lipinski definition) is 2. The number of benzene rings is 2. The summed E-state index contributed by atoms with van der Waals surface area (Å²) >= 11 is 5.88. The highest BCUT2D eigenvalue weighted by Gasteiger charge is 2.08. The monoisotopic (exact) mass is 301 g/mol. The molecule has 0 spiro atoms. The number of amides is 1. The Morgan fingerprint density at radius 3 is 2.62 bits per heavy atom. The standard InChI is InChI=1S/C15H12ClN3O2/c16-13-9-10(1-6-14(13)18)15(20)19-11-2-4-12(5-3-11)21-8-7-17/h1-6,9H,8,18H2,(H,19,20). The van der Waals surface area contributed by atoms with E-state index in [4.69, 9.17) is 27.3 Å². The number of halogens is 1. The molecule has 0 unspecified atom stereocenters. The van der Waals surface area contributed by atoms with E-state index in [2.05, 4.69) is 5.32 Å². The highest BCUT2D eigenvalue weighted by molar-refractivity contribution is 6.33. The first-order chi connectivity index (χ1) is 10.1. The molecule has 1 amide bonds. The van der Waals surface area contributed by atoms with Crippen molar-refractivity contribution in [2.24, 2.45) is 0 Å². The SMILES string of the molecule is N#CCOc1ccc(NC(=O)c2ccc(N)c(Cl)c2)cc1. The second-order valence-electron chi connectivity index (χ2n) is 4.16. The highest BCUT2D eigenvalue weighted by atomic mass is 35.5. The number of nitrogens with two attached hydrogens (primary N) is 1. The minimum absolute atomic E-state index is 0.0182. The fourth-order valence-electron chi connectivity index (χ4n) is 1.62. The van der Waals surface area contributed by atoms with Gasteiger partial charge in [-0.3, -0.25) is 4.79 Å². The summed E-state index contributed by atoms with van der Waals surface area (Å²) in [6.45, 7) is -0.0182. The van der Waals surface area contributed by atoms with E-state index in [1.165, 1.54) is 6.07 Å². The summed E-state index contributed by atoms with van der Waals surface area (Å²) in [5.41, 5.74) is 7.05. The Hall–Kier alpha value is -2.71. The van der Waals surface area contributed by atoms with Crippen LogP contribution in [0.3, 0.4) is 0 Å². The molecule has 2 rings (SSSR count). The molecule has 0 atom stereocenters. The fourth-order valence-corrected chi connectivity index (χ4v) is 1.80. The summed E-state index contributed by atoms with van der Waals surface area (Å²) in [6, 6.07) is 13.3. The lowest BCUT2D eigenvalue weighted by atomic mass is 10.2. The number of ether oxygens (including phenoxy) is 1. The summed E-state index contributed by atoms with van der Waals surface area (Å²) in [7, 11) is 0. The molecule has 6 heteroatoms. The van der Waals surface area contributed by atoms with Crippen LogP contribution >= 0.6 is 11.6 Å². The Morgan fingerprint density at radius 2 is 2.00 bits per heavy atom. The van der Waals surface area contributed by atoms with Gasteiger partial charge in [0.05, 0.1) is 10.7 Å². The Labute approximate surface area is 126 Å². The summed E-state index contributed by atoms with van der Waals surface area (Å²) in [6.07, 6.45) is 0. The molecule has 106 valence electrons. The van der Waals surface area contributed by atoms with Crippen molar-refractivity contribution in [1.29, 1.82) is 5.26 Å². The number of carbonyl (C=O) groups excluding carboxylic acids is 1. The third-order valence-corrected chi connectivity index (χ3v) is 3.01. The Morgan fingerprint density at radius 1 is 1.29 bits per heavy atom. The van der Waals surface area contributed by atoms with Gasteiger partial charge in [0.1, 0.15) is 11.8 Å². The molecule has 21 heavy (non-hydrogen) atoms. The van der Waals surface area contributed by atoms with Gasteiger partial charge in [-0.25, -0.2) is 0 Å². The van der Waals surface area contributed by atoms with Crippen LogP contribution in [-0.2, 0) is 0 Å². The van der Waals surface area contributed by atoms with Gasteiger partial charge in [-0.05, 0) is 42.5 Å². The van der Waals surface area contributed by atoms with Crippen molar-refractivity contribution < 1.29 is 9.53 Å². The lowest BCUT2D eigenvalue weighted by molar-refractivity contribution is 0.102. The largest absolute Gasteiger partial charge is 0.479 e. The van der Waals surface area contributed by atoms with Gasteiger partial charge in [-0.1, -0.05) is 11.6 Å². The molecule has 0 saturated carbocycles. The van der Waals surface area contributed by atoms with Crippen LogP contribution in [0, 0.1) is 11.3 Å². The van der Waals surface area contributed by atoms with Gasteiger partial charge in [0.25, 0.3) is 5.91 Å². The van der Waals surface area contributed by atoms with E-state index in [-0.39, 0.29) is 12.5 Å². The molecule has 0 aliphatic heterocycles. The van der Waals surface area contributed by atoms with Crippen LogP contribution in [-0.4, -0.2) is 12.5 Å². The van der Waals surface area contributed by atoms with Crippen molar-refractivity contribution in [2.45, 2.75) is 0 Å². The van der Waals surface area contributed by atoms with E-state index in [0.29, 0.717) is 27.7 Å². The third kappa shape index (κ3) is 3.88. The molecule has 3 N–H and O–H groups in total. The lowest BCUT2D eigenvalue weighted by Gasteiger charge is -2.07. The summed E-state index contributed by atoms with van der Waals surface area (Å²) in [4.78, 5) is 12.0. The number of nitrogens with zero attached hydrogens (tertiary/aromatic N) is 1. The number of nitrogens with one attached hydrogen (secondary N) is 1. The lowest BCUT2D eigenvalue weighted by Crippen LogP contribution is -2.12. The molecular formula is C15H12ClN3O2. The van der Waals surface area contributed by atoms with E-state index in [0.717, 1.165) is 0 Å². The minimum Gasteiger partial charge on any atom is -0.479 e. The zero-order chi connectivity index (χ0) is 15.2. The van der Waals surface area contributed by atoms with Crippen LogP contribution in [0.4, 0.5) is 11.4 Å². The molecule has 0 fully saturated rings. The second-order valence-corrected chi connectivity index (χ2v) is 4.57. The maximum atomic E-state index is 12.0. The molecule has 0 aromatic heterocycles. The Bertz CT molecular complexity index is 693. The van der Waals surface area contributed by atoms with Crippen LogP contribution < -0.4 is 15.8 Å². The van der Waals surface area contributed by atoms with Crippen molar-refractivity contribution in [1.82, 2.24) is 0 Å². The maximum Gasteiger partial charge on any atom is 0.255 e. The average molecular weight is 302 g/mol. The van der Waals surface area contributed by atoms with Crippen molar-refractivity contribution in [2.75, 3.05) is 17.7 Å². The van der Waals surface area contributed by atoms with Crippen LogP contribution in [0.5, 0.6) is 5.75 Å². The summed E-state index contributed by atoms with van der Waals surface area (Å²) < 4.78 is 5.12. The minimum atomic E-state index is -0.289. The van der Waals surface area contributed by atoms with Gasteiger partial charge >= 0.3 is 0 Å². The molecule has 2 aromatic carbocycles. The quantitative estimate of drug-likeness (QED) is 0.849. The topological polar surface area (TPSA) is 88.1 Å². The summed E-state index contributed by atoms with van der Waals surface area (Å²) in [5.74, 6) is 0.271. The van der Waals surface area contributed by atoms with Crippen LogP contribution in [0.25, 0.3) is 0 Å². The molecule has 0 heterocycles. The molecule has 0 bridgehead atoms. The number of hydrogen-bond acceptors (Lipinski definition) is 4. The van der Waals surface area contributed by atoms with E-state index in [1.54, 1.807) is 36.4 Å². The van der Waals surface area contributed by atoms with E-state index < -0.39 is 0 Å². The molecule has 2 aromatic rings. The van der Waals surface area contributed by atoms with Gasteiger partial charge in [0.2, 0.25) is 0 Å². The number of carbonyl (C=O) groups is 1. The fraction of sp³-hybridized carbons (Fsp3) is 0.0667. The van der Waals surface area contributed by atoms with E-state index in [9.17, 15) is 4.79 Å². The van der Waals surface area contributed by atoms with Gasteiger partial charge in [-0.2, -0.15) is 5.26 Å². The molecule has 0 radical (unpaired) electrons. The zero-order valence-corrected chi connectivity index (χ0v) is 11.7. The van der Waals surface area contributed by atoms with Crippen LogP contribution in [0.1, 0.15) is 10.4 Å². The van der Waals surface area contributed by atoms with Gasteiger partial charge < -0.3 is 15.8 Å². The van der Waals surface area contributed by atoms with Crippen molar-refractivity contribution >= 4 is 28.9 Å². The predicted molar refractivity (Wildman–Crippen MR) is 81.4 cm³/mol. The Balaban J connectivity index is 2.05. The van der Waals surface area contributed by atoms with Gasteiger partial charge in [0.15, 0.2) is 6.61 Å². The third-order valence-electron chi connectivity index (χ3n) is 2.68. The number of nitriles is 1. The zero-order valence-electron chi connectivity index (χ0n) is 11.0. The first-order valence-electron chi connectivity index (χ1n) is 6.06. The smallest absolute Gasteiger partial charge is 0.255 e. The summed E-state index contributed by atoms with van der Waals surface area (Å²) in [5, 5.41) is 11.5. The van der Waals surface area contributed by atoms with Crippen LogP contribution in [0.2, 0.25) is 5.02 Å². The molecule has 0 aliphatic rings. The maximum absolute atomic E-state index is 12.0. The molecule has 0 aliphatic carbocycles.